The highest BCUT2D eigenvalue weighted by molar-refractivity contribution is 5.89. The number of urea groups is 1. The second-order valence-corrected chi connectivity index (χ2v) is 6.36. The maximum absolute atomic E-state index is 12.3. The molecule has 158 valence electrons. The molecule has 0 aliphatic heterocycles. The van der Waals surface area contributed by atoms with Crippen molar-refractivity contribution in [2.45, 2.75) is 6.36 Å². The van der Waals surface area contributed by atoms with Crippen LogP contribution in [0.1, 0.15) is 0 Å². The van der Waals surface area contributed by atoms with Gasteiger partial charge >= 0.3 is 12.4 Å². The molecule has 0 fully saturated rings. The molecule has 0 bridgehead atoms. The number of hydrogen-bond acceptors (Lipinski definition) is 5. The predicted molar refractivity (Wildman–Crippen MR) is 106 cm³/mol. The van der Waals surface area contributed by atoms with Gasteiger partial charge < -0.3 is 20.3 Å². The molecule has 1 aromatic heterocycles. The van der Waals surface area contributed by atoms with E-state index in [1.165, 1.54) is 33.8 Å². The Morgan fingerprint density at radius 3 is 2.23 bits per heavy atom. The number of carbonyl (C=O) groups excluding carboxylic acids is 1. The van der Waals surface area contributed by atoms with E-state index in [9.17, 15) is 18.0 Å². The van der Waals surface area contributed by atoms with Crippen LogP contribution in [-0.4, -0.2) is 53.2 Å². The lowest BCUT2D eigenvalue weighted by Crippen LogP contribution is -2.27. The molecule has 0 saturated heterocycles. The van der Waals surface area contributed by atoms with Gasteiger partial charge in [0, 0.05) is 32.4 Å². The topological polar surface area (TPSA) is 84.3 Å². The minimum absolute atomic E-state index is 0.249. The molecule has 30 heavy (non-hydrogen) atoms. The number of halogens is 3. The molecular weight excluding hydrogens is 401 g/mol. The zero-order valence-electron chi connectivity index (χ0n) is 16.4. The van der Waals surface area contributed by atoms with Gasteiger partial charge in [-0.3, -0.25) is 0 Å². The van der Waals surface area contributed by atoms with Crippen LogP contribution < -0.4 is 15.4 Å². The summed E-state index contributed by atoms with van der Waals surface area (Å²) in [7, 11) is 4.94. The highest BCUT2D eigenvalue weighted by atomic mass is 19.4. The summed E-state index contributed by atoms with van der Waals surface area (Å²) in [6.45, 7) is 0. The minimum atomic E-state index is -4.75. The van der Waals surface area contributed by atoms with E-state index in [0.29, 0.717) is 28.7 Å². The third kappa shape index (κ3) is 4.99. The Balaban J connectivity index is 1.83. The standard InChI is InChI=1S/C19H19F3N6O2/c1-23-17-25-16(12-4-6-13(7-5-12)24-18(29)27(2)3)26-28(17)14-8-10-15(11-9-14)30-19(20,21)22/h4-11H,1-3H3,(H,24,29)(H,23,25,26). The molecule has 2 amide bonds. The maximum atomic E-state index is 12.3. The molecule has 3 rings (SSSR count). The molecule has 8 nitrogen and oxygen atoms in total. The molecule has 0 radical (unpaired) electrons. The number of carbonyl (C=O) groups is 1. The van der Waals surface area contributed by atoms with Gasteiger partial charge in [0.2, 0.25) is 5.95 Å². The molecular formula is C19H19F3N6O2. The Morgan fingerprint density at radius 2 is 1.70 bits per heavy atom. The number of rotatable bonds is 5. The first-order valence-corrected chi connectivity index (χ1v) is 8.76. The molecule has 1 heterocycles. The number of aromatic nitrogens is 3. The molecule has 3 aromatic rings. The number of hydrogen-bond donors (Lipinski definition) is 2. The SMILES string of the molecule is CNc1nc(-c2ccc(NC(=O)N(C)C)cc2)nn1-c1ccc(OC(F)(F)F)cc1. The van der Waals surface area contributed by atoms with Crippen molar-refractivity contribution in [2.75, 3.05) is 31.8 Å². The van der Waals surface area contributed by atoms with E-state index < -0.39 is 6.36 Å². The summed E-state index contributed by atoms with van der Waals surface area (Å²) in [6, 6.07) is 12.0. The maximum Gasteiger partial charge on any atom is 0.573 e. The quantitative estimate of drug-likeness (QED) is 0.653. The van der Waals surface area contributed by atoms with Crippen LogP contribution in [0.25, 0.3) is 17.1 Å². The van der Waals surface area contributed by atoms with Crippen LogP contribution in [0.15, 0.2) is 48.5 Å². The normalized spacial score (nSPS) is 11.1. The first kappa shape index (κ1) is 21.0. The van der Waals surface area contributed by atoms with Crippen molar-refractivity contribution >= 4 is 17.7 Å². The summed E-state index contributed by atoms with van der Waals surface area (Å²) in [5.41, 5.74) is 1.82. The highest BCUT2D eigenvalue weighted by Gasteiger charge is 2.31. The first-order valence-electron chi connectivity index (χ1n) is 8.76. The molecule has 0 spiro atoms. The lowest BCUT2D eigenvalue weighted by atomic mass is 10.2. The van der Waals surface area contributed by atoms with Gasteiger partial charge in [0.15, 0.2) is 5.82 Å². The van der Waals surface area contributed by atoms with Crippen LogP contribution in [0.5, 0.6) is 5.75 Å². The molecule has 0 saturated carbocycles. The van der Waals surface area contributed by atoms with Gasteiger partial charge in [-0.05, 0) is 48.5 Å². The molecule has 2 aromatic carbocycles. The van der Waals surface area contributed by atoms with Crippen molar-refractivity contribution in [1.82, 2.24) is 19.7 Å². The van der Waals surface area contributed by atoms with Crippen LogP contribution >= 0.6 is 0 Å². The van der Waals surface area contributed by atoms with Crippen LogP contribution in [0, 0.1) is 0 Å². The fourth-order valence-corrected chi connectivity index (χ4v) is 2.50. The zero-order chi connectivity index (χ0) is 21.9. The summed E-state index contributed by atoms with van der Waals surface area (Å²) in [6.07, 6.45) is -4.75. The number of ether oxygens (including phenoxy) is 1. The van der Waals surface area contributed by atoms with Crippen molar-refractivity contribution in [3.8, 4) is 22.8 Å². The van der Waals surface area contributed by atoms with Crippen molar-refractivity contribution in [3.63, 3.8) is 0 Å². The van der Waals surface area contributed by atoms with Crippen LogP contribution in [0.3, 0.4) is 0 Å². The number of alkyl halides is 3. The van der Waals surface area contributed by atoms with Crippen molar-refractivity contribution in [3.05, 3.63) is 48.5 Å². The third-order valence-corrected chi connectivity index (χ3v) is 3.95. The van der Waals surface area contributed by atoms with Gasteiger partial charge in [0.05, 0.1) is 5.69 Å². The van der Waals surface area contributed by atoms with Crippen LogP contribution in [0.2, 0.25) is 0 Å². The number of nitrogens with one attached hydrogen (secondary N) is 2. The molecule has 2 N–H and O–H groups in total. The van der Waals surface area contributed by atoms with Crippen molar-refractivity contribution < 1.29 is 22.7 Å². The molecule has 0 unspecified atom stereocenters. The number of nitrogens with zero attached hydrogens (tertiary/aromatic N) is 4. The number of benzene rings is 2. The lowest BCUT2D eigenvalue weighted by Gasteiger charge is -2.11. The van der Waals surface area contributed by atoms with E-state index in [2.05, 4.69) is 25.5 Å². The minimum Gasteiger partial charge on any atom is -0.406 e. The van der Waals surface area contributed by atoms with Gasteiger partial charge in [-0.1, -0.05) is 0 Å². The highest BCUT2D eigenvalue weighted by Crippen LogP contribution is 2.26. The third-order valence-electron chi connectivity index (χ3n) is 3.95. The van der Waals surface area contributed by atoms with Gasteiger partial charge in [0.1, 0.15) is 5.75 Å². The average molecular weight is 420 g/mol. The monoisotopic (exact) mass is 420 g/mol. The van der Waals surface area contributed by atoms with E-state index in [1.54, 1.807) is 45.4 Å². The Morgan fingerprint density at radius 1 is 1.07 bits per heavy atom. The van der Waals surface area contributed by atoms with E-state index >= 15 is 0 Å². The Labute approximate surface area is 170 Å². The Kier molecular flexibility index (Phi) is 5.81. The van der Waals surface area contributed by atoms with Gasteiger partial charge in [0.25, 0.3) is 0 Å². The number of anilines is 2. The van der Waals surface area contributed by atoms with Crippen molar-refractivity contribution in [2.24, 2.45) is 0 Å². The second kappa shape index (κ2) is 8.31. The molecule has 0 atom stereocenters. The summed E-state index contributed by atoms with van der Waals surface area (Å²) in [5.74, 6) is 0.480. The van der Waals surface area contributed by atoms with E-state index in [-0.39, 0.29) is 11.8 Å². The van der Waals surface area contributed by atoms with Crippen LogP contribution in [0.4, 0.5) is 29.6 Å². The van der Waals surface area contributed by atoms with E-state index in [0.717, 1.165) is 0 Å². The van der Waals surface area contributed by atoms with E-state index in [1.807, 2.05) is 0 Å². The fraction of sp³-hybridized carbons (Fsp3) is 0.211. The predicted octanol–water partition coefficient (Wildman–Crippen LogP) is 3.97. The molecule has 11 heteroatoms. The van der Waals surface area contributed by atoms with Crippen molar-refractivity contribution in [1.29, 1.82) is 0 Å². The van der Waals surface area contributed by atoms with E-state index in [4.69, 9.17) is 0 Å². The largest absolute Gasteiger partial charge is 0.573 e. The Hall–Kier alpha value is -3.76. The number of amides is 2. The second-order valence-electron chi connectivity index (χ2n) is 6.36. The van der Waals surface area contributed by atoms with Gasteiger partial charge in [-0.2, -0.15) is 9.67 Å². The average Bonchev–Trinajstić information content (AvgIpc) is 3.12. The lowest BCUT2D eigenvalue weighted by molar-refractivity contribution is -0.274. The fourth-order valence-electron chi connectivity index (χ4n) is 2.50. The summed E-state index contributed by atoms with van der Waals surface area (Å²) in [5, 5.41) is 10.1. The Bertz CT molecular complexity index is 1010. The van der Waals surface area contributed by atoms with Gasteiger partial charge in [-0.15, -0.1) is 18.3 Å². The summed E-state index contributed by atoms with van der Waals surface area (Å²) in [4.78, 5) is 17.5. The first-order chi connectivity index (χ1) is 14.2. The summed E-state index contributed by atoms with van der Waals surface area (Å²) >= 11 is 0. The van der Waals surface area contributed by atoms with Gasteiger partial charge in [-0.25, -0.2) is 4.79 Å². The summed E-state index contributed by atoms with van der Waals surface area (Å²) < 4.78 is 42.3. The smallest absolute Gasteiger partial charge is 0.406 e. The zero-order valence-corrected chi connectivity index (χ0v) is 16.4. The van der Waals surface area contributed by atoms with Crippen LogP contribution in [-0.2, 0) is 0 Å². The molecule has 0 aliphatic rings. The molecule has 0 aliphatic carbocycles.